The van der Waals surface area contributed by atoms with E-state index in [1.807, 2.05) is 36.4 Å². The average molecular weight is 355 g/mol. The number of rotatable bonds is 10. The first-order valence-corrected chi connectivity index (χ1v) is 9.08. The number of hydrogen-bond donors (Lipinski definition) is 2. The van der Waals surface area contributed by atoms with Crippen molar-refractivity contribution in [1.82, 2.24) is 0 Å². The number of hydrogen-bond acceptors (Lipinski definition) is 3. The van der Waals surface area contributed by atoms with Gasteiger partial charge in [0.2, 0.25) is 0 Å². The van der Waals surface area contributed by atoms with E-state index in [0.29, 0.717) is 19.1 Å². The van der Waals surface area contributed by atoms with Crippen molar-refractivity contribution < 1.29 is 9.47 Å². The van der Waals surface area contributed by atoms with Crippen LogP contribution >= 0.6 is 0 Å². The number of nitrogens with zero attached hydrogens (tertiary/aromatic N) is 1. The molecule has 2 rings (SSSR count). The van der Waals surface area contributed by atoms with Crippen molar-refractivity contribution in [3.63, 3.8) is 0 Å². The summed E-state index contributed by atoms with van der Waals surface area (Å²) in [5.74, 6) is 1.33. The summed E-state index contributed by atoms with van der Waals surface area (Å²) in [4.78, 5) is 4.41. The molecule has 5 heteroatoms. The number of anilines is 1. The minimum Gasteiger partial charge on any atom is -0.494 e. The number of nitrogens with two attached hydrogens (primary N) is 1. The lowest BCUT2D eigenvalue weighted by Crippen LogP contribution is -2.23. The lowest BCUT2D eigenvalue weighted by molar-refractivity contribution is 0.185. The van der Waals surface area contributed by atoms with Gasteiger partial charge in [0.25, 0.3) is 0 Å². The molecule has 0 aliphatic carbocycles. The molecule has 0 spiro atoms. The molecule has 0 fully saturated rings. The molecule has 26 heavy (non-hydrogen) atoms. The van der Waals surface area contributed by atoms with Gasteiger partial charge in [-0.15, -0.1) is 0 Å². The van der Waals surface area contributed by atoms with Crippen molar-refractivity contribution >= 4 is 11.6 Å². The molecule has 140 valence electrons. The summed E-state index contributed by atoms with van der Waals surface area (Å²) >= 11 is 0. The molecule has 0 amide bonds. The van der Waals surface area contributed by atoms with Gasteiger partial charge < -0.3 is 20.5 Å². The Morgan fingerprint density at radius 2 is 1.88 bits per heavy atom. The summed E-state index contributed by atoms with van der Waals surface area (Å²) in [6.07, 6.45) is 3.05. The molecular weight excluding hydrogens is 326 g/mol. The van der Waals surface area contributed by atoms with E-state index < -0.39 is 0 Å². The monoisotopic (exact) mass is 355 g/mol. The number of benzene rings is 2. The third-order valence-corrected chi connectivity index (χ3v) is 3.95. The largest absolute Gasteiger partial charge is 0.494 e. The van der Waals surface area contributed by atoms with Gasteiger partial charge in [0, 0.05) is 24.9 Å². The smallest absolute Gasteiger partial charge is 0.193 e. The first-order valence-electron chi connectivity index (χ1n) is 9.08. The van der Waals surface area contributed by atoms with Crippen molar-refractivity contribution in [2.75, 3.05) is 25.6 Å². The van der Waals surface area contributed by atoms with Crippen LogP contribution in [0.5, 0.6) is 5.75 Å². The summed E-state index contributed by atoms with van der Waals surface area (Å²) in [7, 11) is 1.67. The van der Waals surface area contributed by atoms with Crippen molar-refractivity contribution in [1.29, 1.82) is 0 Å². The number of aliphatic imine (C=N–C) groups is 1. The summed E-state index contributed by atoms with van der Waals surface area (Å²) < 4.78 is 10.9. The normalized spacial score (nSPS) is 11.4. The molecular formula is C21H29N3O2. The number of guanidine groups is 1. The standard InChI is InChI=1S/C21H29N3O2/c1-3-4-15-26-19-11-9-17(10-12-19)13-14-23-21(22)24-20-8-6-5-7-18(20)16-25-2/h5-12H,3-4,13-16H2,1-2H3,(H3,22,23,24). The number of nitrogens with one attached hydrogen (secondary N) is 1. The Bertz CT molecular complexity index is 684. The van der Waals surface area contributed by atoms with Gasteiger partial charge in [0.15, 0.2) is 5.96 Å². The fraction of sp³-hybridized carbons (Fsp3) is 0.381. The quantitative estimate of drug-likeness (QED) is 0.384. The van der Waals surface area contributed by atoms with Crippen molar-refractivity contribution in [2.24, 2.45) is 10.7 Å². The van der Waals surface area contributed by atoms with Gasteiger partial charge in [-0.25, -0.2) is 0 Å². The fourth-order valence-corrected chi connectivity index (χ4v) is 2.49. The van der Waals surface area contributed by atoms with E-state index in [1.54, 1.807) is 7.11 Å². The highest BCUT2D eigenvalue weighted by molar-refractivity contribution is 5.92. The minimum atomic E-state index is 0.410. The van der Waals surface area contributed by atoms with Crippen LogP contribution in [0.25, 0.3) is 0 Å². The predicted molar refractivity (Wildman–Crippen MR) is 108 cm³/mol. The molecule has 0 atom stereocenters. The Kier molecular flexibility index (Phi) is 8.49. The highest BCUT2D eigenvalue weighted by atomic mass is 16.5. The SMILES string of the molecule is CCCCOc1ccc(CCN=C(N)Nc2ccccc2COC)cc1. The van der Waals surface area contributed by atoms with Gasteiger partial charge in [-0.2, -0.15) is 0 Å². The van der Waals surface area contributed by atoms with Gasteiger partial charge >= 0.3 is 0 Å². The number of para-hydroxylation sites is 1. The van der Waals surface area contributed by atoms with Crippen LogP contribution in [0, 0.1) is 0 Å². The molecule has 0 bridgehead atoms. The maximum atomic E-state index is 6.01. The Balaban J connectivity index is 1.82. The van der Waals surface area contributed by atoms with E-state index in [0.717, 1.165) is 42.9 Å². The maximum Gasteiger partial charge on any atom is 0.193 e. The second kappa shape index (κ2) is 11.2. The first-order chi connectivity index (χ1) is 12.7. The maximum absolute atomic E-state index is 6.01. The van der Waals surface area contributed by atoms with Crippen LogP contribution in [0.3, 0.4) is 0 Å². The first kappa shape index (κ1) is 19.8. The van der Waals surface area contributed by atoms with Crippen molar-refractivity contribution in [3.05, 3.63) is 59.7 Å². The van der Waals surface area contributed by atoms with E-state index in [2.05, 4.69) is 29.4 Å². The van der Waals surface area contributed by atoms with Crippen LogP contribution in [0.2, 0.25) is 0 Å². The zero-order valence-corrected chi connectivity index (χ0v) is 15.7. The lowest BCUT2D eigenvalue weighted by atomic mass is 10.1. The Morgan fingerprint density at radius 1 is 1.12 bits per heavy atom. The molecule has 0 saturated carbocycles. The van der Waals surface area contributed by atoms with Crippen LogP contribution in [0.15, 0.2) is 53.5 Å². The number of methoxy groups -OCH3 is 1. The molecule has 0 aromatic heterocycles. The summed E-state index contributed by atoms with van der Waals surface area (Å²) in [5, 5.41) is 3.15. The summed E-state index contributed by atoms with van der Waals surface area (Å²) in [5.41, 5.74) is 9.19. The third-order valence-electron chi connectivity index (χ3n) is 3.95. The van der Waals surface area contributed by atoms with Crippen molar-refractivity contribution in [2.45, 2.75) is 32.8 Å². The molecule has 2 aromatic carbocycles. The third kappa shape index (κ3) is 6.76. The fourth-order valence-electron chi connectivity index (χ4n) is 2.49. The highest BCUT2D eigenvalue weighted by Gasteiger charge is 2.02. The van der Waals surface area contributed by atoms with Crippen LogP contribution in [0.4, 0.5) is 5.69 Å². The van der Waals surface area contributed by atoms with Gasteiger partial charge in [0.05, 0.1) is 13.2 Å². The zero-order valence-electron chi connectivity index (χ0n) is 15.7. The molecule has 0 radical (unpaired) electrons. The molecule has 0 aliphatic heterocycles. The van der Waals surface area contributed by atoms with E-state index in [4.69, 9.17) is 15.2 Å². The molecule has 2 aromatic rings. The Labute approximate surface area is 156 Å². The van der Waals surface area contributed by atoms with Crippen molar-refractivity contribution in [3.8, 4) is 5.75 Å². The van der Waals surface area contributed by atoms with Gasteiger partial charge in [-0.3, -0.25) is 4.99 Å². The molecule has 0 saturated heterocycles. The topological polar surface area (TPSA) is 68.9 Å². The summed E-state index contributed by atoms with van der Waals surface area (Å²) in [6, 6.07) is 16.1. The van der Waals surface area contributed by atoms with Crippen LogP contribution in [-0.2, 0) is 17.8 Å². The predicted octanol–water partition coefficient (Wildman–Crippen LogP) is 3.98. The second-order valence-corrected chi connectivity index (χ2v) is 6.08. The molecule has 5 nitrogen and oxygen atoms in total. The molecule has 0 unspecified atom stereocenters. The second-order valence-electron chi connectivity index (χ2n) is 6.08. The average Bonchev–Trinajstić information content (AvgIpc) is 2.65. The Hall–Kier alpha value is -2.53. The molecule has 3 N–H and O–H groups in total. The van der Waals surface area contributed by atoms with E-state index >= 15 is 0 Å². The van der Waals surface area contributed by atoms with Gasteiger partial charge in [-0.1, -0.05) is 43.7 Å². The van der Waals surface area contributed by atoms with Gasteiger partial charge in [0.1, 0.15) is 5.75 Å². The molecule has 0 heterocycles. The van der Waals surface area contributed by atoms with Crippen LogP contribution < -0.4 is 15.8 Å². The molecule has 0 aliphatic rings. The van der Waals surface area contributed by atoms with Crippen LogP contribution in [0.1, 0.15) is 30.9 Å². The van der Waals surface area contributed by atoms with Crippen LogP contribution in [-0.4, -0.2) is 26.2 Å². The van der Waals surface area contributed by atoms with Gasteiger partial charge in [-0.05, 0) is 36.6 Å². The lowest BCUT2D eigenvalue weighted by Gasteiger charge is -2.11. The van der Waals surface area contributed by atoms with E-state index in [-0.39, 0.29) is 0 Å². The summed E-state index contributed by atoms with van der Waals surface area (Å²) in [6.45, 7) is 4.08. The highest BCUT2D eigenvalue weighted by Crippen LogP contribution is 2.16. The minimum absolute atomic E-state index is 0.410. The number of ether oxygens (including phenoxy) is 2. The van der Waals surface area contributed by atoms with E-state index in [9.17, 15) is 0 Å². The van der Waals surface area contributed by atoms with E-state index in [1.165, 1.54) is 5.56 Å². The zero-order chi connectivity index (χ0) is 18.6. The Morgan fingerprint density at radius 3 is 2.62 bits per heavy atom. The number of unbranched alkanes of at least 4 members (excludes halogenated alkanes) is 1.